The van der Waals surface area contributed by atoms with Gasteiger partial charge in [-0.15, -0.1) is 0 Å². The second-order valence-corrected chi connectivity index (χ2v) is 10.9. The molecule has 0 aliphatic carbocycles. The molecule has 3 aromatic carbocycles. The lowest BCUT2D eigenvalue weighted by Gasteiger charge is -2.25. The molecule has 0 spiro atoms. The van der Waals surface area contributed by atoms with E-state index in [2.05, 4.69) is 37.9 Å². The van der Waals surface area contributed by atoms with Gasteiger partial charge in [-0.25, -0.2) is 0 Å². The van der Waals surface area contributed by atoms with E-state index in [1.165, 1.54) is 5.39 Å². The Kier molecular flexibility index (Phi) is 4.95. The number of hydrogen-bond acceptors (Lipinski definition) is 2. The minimum Gasteiger partial charge on any atom is -0.540 e. The Morgan fingerprint density at radius 3 is 2.32 bits per heavy atom. The van der Waals surface area contributed by atoms with Crippen LogP contribution in [0.5, 0.6) is 11.5 Å². The molecule has 3 rings (SSSR count). The van der Waals surface area contributed by atoms with Crippen LogP contribution in [0.2, 0.25) is 13.1 Å². The fraction of sp³-hybridized carbons (Fsp3) is 0.182. The highest BCUT2D eigenvalue weighted by Crippen LogP contribution is 2.28. The van der Waals surface area contributed by atoms with Crippen molar-refractivity contribution in [3.63, 3.8) is 0 Å². The zero-order chi connectivity index (χ0) is 17.9. The first-order valence-electron chi connectivity index (χ1n) is 8.50. The second kappa shape index (κ2) is 7.15. The normalized spacial score (nSPS) is 11.3. The first-order valence-corrected chi connectivity index (χ1v) is 11.6. The number of benzene rings is 3. The monoisotopic (exact) mass is 348 g/mol. The lowest BCUT2D eigenvalue weighted by Crippen LogP contribution is -2.41. The molecule has 128 valence electrons. The number of ether oxygens (including phenoxy) is 1. The second-order valence-electron chi connectivity index (χ2n) is 6.93. The maximum absolute atomic E-state index is 6.40. The summed E-state index contributed by atoms with van der Waals surface area (Å²) in [7, 11) is -2.02. The highest BCUT2D eigenvalue weighted by molar-refractivity contribution is 6.71. The van der Waals surface area contributed by atoms with Gasteiger partial charge in [0.1, 0.15) is 17.7 Å². The zero-order valence-corrected chi connectivity index (χ0v) is 16.1. The van der Waals surface area contributed by atoms with Gasteiger partial charge in [0.25, 0.3) is 8.32 Å². The average Bonchev–Trinajstić information content (AvgIpc) is 2.60. The molecule has 0 atom stereocenters. The molecule has 0 unspecified atom stereocenters. The summed E-state index contributed by atoms with van der Waals surface area (Å²) in [5, 5.41) is 2.34. The highest BCUT2D eigenvalue weighted by Gasteiger charge is 2.26. The van der Waals surface area contributed by atoms with Crippen molar-refractivity contribution in [2.45, 2.75) is 20.0 Å². The van der Waals surface area contributed by atoms with E-state index >= 15 is 0 Å². The third-order valence-electron chi connectivity index (χ3n) is 4.07. The summed E-state index contributed by atoms with van der Waals surface area (Å²) in [6, 6.07) is 22.6. The fourth-order valence-corrected chi connectivity index (χ4v) is 4.05. The summed E-state index contributed by atoms with van der Waals surface area (Å²) in [5.74, 6) is 1.81. The van der Waals surface area contributed by atoms with Crippen LogP contribution in [0.25, 0.3) is 16.3 Å². The quantitative estimate of drug-likeness (QED) is 0.503. The molecule has 2 nitrogen and oxygen atoms in total. The molecule has 0 aromatic heterocycles. The van der Waals surface area contributed by atoms with E-state index in [0.29, 0.717) is 6.23 Å². The first kappa shape index (κ1) is 17.3. The Hall–Kier alpha value is -2.52. The predicted molar refractivity (Wildman–Crippen MR) is 109 cm³/mol. The van der Waals surface area contributed by atoms with Crippen molar-refractivity contribution in [2.75, 3.05) is 6.23 Å². The Morgan fingerprint density at radius 2 is 1.60 bits per heavy atom. The molecule has 3 heteroatoms. The molecule has 0 aliphatic heterocycles. The van der Waals surface area contributed by atoms with Gasteiger partial charge in [0.05, 0.1) is 0 Å². The number of hydrogen-bond donors (Lipinski definition) is 0. The van der Waals surface area contributed by atoms with Crippen LogP contribution in [0.15, 0.2) is 73.3 Å². The van der Waals surface area contributed by atoms with Crippen LogP contribution >= 0.6 is 0 Å². The van der Waals surface area contributed by atoms with Crippen LogP contribution in [0.3, 0.4) is 0 Å². The van der Waals surface area contributed by atoms with E-state index in [1.54, 1.807) is 0 Å². The van der Waals surface area contributed by atoms with E-state index in [1.807, 2.05) is 55.5 Å². The summed E-state index contributed by atoms with van der Waals surface area (Å²) in [6.07, 6.45) is 0.600. The third kappa shape index (κ3) is 4.31. The molecule has 0 fully saturated rings. The van der Waals surface area contributed by atoms with Gasteiger partial charge in [0.15, 0.2) is 0 Å². The van der Waals surface area contributed by atoms with Crippen molar-refractivity contribution in [3.05, 3.63) is 78.9 Å². The molecular weight excluding hydrogens is 324 g/mol. The van der Waals surface area contributed by atoms with E-state index in [-0.39, 0.29) is 0 Å². The van der Waals surface area contributed by atoms with Crippen molar-refractivity contribution < 1.29 is 9.16 Å². The van der Waals surface area contributed by atoms with Gasteiger partial charge >= 0.3 is 0 Å². The van der Waals surface area contributed by atoms with Crippen molar-refractivity contribution >= 4 is 24.7 Å². The molecule has 0 amide bonds. The standard InChI is InChI=1S/C22H24O2Si/c1-17(2)18-12-14-20(15-13-18)23-16-25(3,4)24-22-11-7-9-19-8-5-6-10-21(19)22/h5-15H,1,16H2,2-4H3. The summed E-state index contributed by atoms with van der Waals surface area (Å²) in [6.45, 7) is 10.3. The van der Waals surface area contributed by atoms with Gasteiger partial charge in [-0.05, 0) is 49.2 Å². The summed E-state index contributed by atoms with van der Waals surface area (Å²) < 4.78 is 12.4. The SMILES string of the molecule is C=C(C)c1ccc(OC[Si](C)(C)Oc2cccc3ccccc23)cc1. The summed E-state index contributed by atoms with van der Waals surface area (Å²) in [5.41, 5.74) is 2.19. The molecular formula is C22H24O2Si. The fourth-order valence-electron chi connectivity index (χ4n) is 2.70. The summed E-state index contributed by atoms with van der Waals surface area (Å²) >= 11 is 0. The Balaban J connectivity index is 1.70. The molecule has 0 radical (unpaired) electrons. The zero-order valence-electron chi connectivity index (χ0n) is 15.1. The van der Waals surface area contributed by atoms with Gasteiger partial charge in [0.2, 0.25) is 0 Å². The maximum Gasteiger partial charge on any atom is 0.281 e. The van der Waals surface area contributed by atoms with E-state index in [4.69, 9.17) is 9.16 Å². The van der Waals surface area contributed by atoms with Crippen LogP contribution < -0.4 is 9.16 Å². The van der Waals surface area contributed by atoms with E-state index < -0.39 is 8.32 Å². The van der Waals surface area contributed by atoms with Crippen molar-refractivity contribution in [1.82, 2.24) is 0 Å². The maximum atomic E-state index is 6.40. The summed E-state index contributed by atoms with van der Waals surface area (Å²) in [4.78, 5) is 0. The Labute approximate surface area is 150 Å². The molecule has 0 aliphatic rings. The number of fused-ring (bicyclic) bond motifs is 1. The minimum atomic E-state index is -2.02. The van der Waals surface area contributed by atoms with Crippen LogP contribution in [-0.2, 0) is 0 Å². The van der Waals surface area contributed by atoms with Gasteiger partial charge in [-0.2, -0.15) is 0 Å². The van der Waals surface area contributed by atoms with E-state index in [0.717, 1.165) is 28.0 Å². The molecule has 0 bridgehead atoms. The van der Waals surface area contributed by atoms with Gasteiger partial charge < -0.3 is 9.16 Å². The van der Waals surface area contributed by atoms with Crippen molar-refractivity contribution in [3.8, 4) is 11.5 Å². The topological polar surface area (TPSA) is 18.5 Å². The number of rotatable bonds is 6. The molecule has 0 saturated carbocycles. The smallest absolute Gasteiger partial charge is 0.281 e. The minimum absolute atomic E-state index is 0.600. The molecule has 3 aromatic rings. The van der Waals surface area contributed by atoms with Crippen LogP contribution in [0.1, 0.15) is 12.5 Å². The first-order chi connectivity index (χ1) is 11.9. The van der Waals surface area contributed by atoms with E-state index in [9.17, 15) is 0 Å². The lowest BCUT2D eigenvalue weighted by atomic mass is 10.1. The molecule has 0 heterocycles. The third-order valence-corrected chi connectivity index (χ3v) is 5.68. The van der Waals surface area contributed by atoms with Crippen LogP contribution in [-0.4, -0.2) is 14.5 Å². The number of allylic oxidation sites excluding steroid dienone is 1. The molecule has 0 saturated heterocycles. The Morgan fingerprint density at radius 1 is 0.920 bits per heavy atom. The van der Waals surface area contributed by atoms with Gasteiger partial charge in [-0.3, -0.25) is 0 Å². The average molecular weight is 349 g/mol. The van der Waals surface area contributed by atoms with Gasteiger partial charge in [-0.1, -0.05) is 60.7 Å². The Bertz CT molecular complexity index is 877. The molecule has 25 heavy (non-hydrogen) atoms. The van der Waals surface area contributed by atoms with Crippen LogP contribution in [0.4, 0.5) is 0 Å². The van der Waals surface area contributed by atoms with Crippen molar-refractivity contribution in [2.24, 2.45) is 0 Å². The molecule has 0 N–H and O–H groups in total. The van der Waals surface area contributed by atoms with Crippen LogP contribution in [0, 0.1) is 0 Å². The highest BCUT2D eigenvalue weighted by atomic mass is 28.4. The van der Waals surface area contributed by atoms with Crippen molar-refractivity contribution in [1.29, 1.82) is 0 Å². The largest absolute Gasteiger partial charge is 0.540 e. The predicted octanol–water partition coefficient (Wildman–Crippen LogP) is 6.08. The lowest BCUT2D eigenvalue weighted by molar-refractivity contribution is 0.353. The van der Waals surface area contributed by atoms with Gasteiger partial charge in [0, 0.05) is 5.39 Å².